The number of aromatic nitrogens is 2. The number of nitrogens with zero attached hydrogens (tertiary/aromatic N) is 2. The van der Waals surface area contributed by atoms with E-state index in [1.54, 1.807) is 4.68 Å². The summed E-state index contributed by atoms with van der Waals surface area (Å²) in [6.45, 7) is 0. The van der Waals surface area contributed by atoms with E-state index < -0.39 is 0 Å². The van der Waals surface area contributed by atoms with E-state index in [0.29, 0.717) is 0 Å². The fraction of sp³-hybridized carbons (Fsp3) is 0.100. The normalized spacial score (nSPS) is 10.1. The van der Waals surface area contributed by atoms with Crippen LogP contribution in [0.5, 0.6) is 0 Å². The first kappa shape index (κ1) is 9.09. The molecule has 72 valence electrons. The SMILES string of the molecule is CNc1ccn(-c2ccc(Cl)cc2)n1. The van der Waals surface area contributed by atoms with E-state index in [1.165, 1.54) is 0 Å². The highest BCUT2D eigenvalue weighted by Gasteiger charge is 1.98. The number of nitrogens with one attached hydrogen (secondary N) is 1. The molecule has 0 unspecified atom stereocenters. The Hall–Kier alpha value is -1.48. The molecule has 0 aliphatic carbocycles. The molecule has 1 aromatic heterocycles. The first-order valence-corrected chi connectivity index (χ1v) is 4.67. The largest absolute Gasteiger partial charge is 0.372 e. The van der Waals surface area contributed by atoms with Gasteiger partial charge in [0.2, 0.25) is 0 Å². The molecule has 0 spiro atoms. The third-order valence-electron chi connectivity index (χ3n) is 1.94. The maximum atomic E-state index is 5.79. The van der Waals surface area contributed by atoms with Crippen molar-refractivity contribution in [1.82, 2.24) is 9.78 Å². The first-order valence-electron chi connectivity index (χ1n) is 4.29. The van der Waals surface area contributed by atoms with Gasteiger partial charge in [-0.3, -0.25) is 0 Å². The van der Waals surface area contributed by atoms with Gasteiger partial charge in [-0.1, -0.05) is 11.6 Å². The van der Waals surface area contributed by atoms with Gasteiger partial charge < -0.3 is 5.32 Å². The molecule has 0 saturated heterocycles. The molecule has 1 N–H and O–H groups in total. The van der Waals surface area contributed by atoms with Gasteiger partial charge in [-0.25, -0.2) is 4.68 Å². The topological polar surface area (TPSA) is 29.9 Å². The lowest BCUT2D eigenvalue weighted by Gasteiger charge is -2.00. The lowest BCUT2D eigenvalue weighted by molar-refractivity contribution is 0.883. The van der Waals surface area contributed by atoms with Crippen molar-refractivity contribution in [1.29, 1.82) is 0 Å². The summed E-state index contributed by atoms with van der Waals surface area (Å²) < 4.78 is 1.79. The van der Waals surface area contributed by atoms with E-state index in [1.807, 2.05) is 43.6 Å². The van der Waals surface area contributed by atoms with Gasteiger partial charge in [0, 0.05) is 24.3 Å². The van der Waals surface area contributed by atoms with E-state index >= 15 is 0 Å². The lowest BCUT2D eigenvalue weighted by Crippen LogP contribution is -1.96. The average molecular weight is 208 g/mol. The third kappa shape index (κ3) is 1.72. The van der Waals surface area contributed by atoms with Crippen LogP contribution in [0.15, 0.2) is 36.5 Å². The summed E-state index contributed by atoms with van der Waals surface area (Å²) >= 11 is 5.79. The highest BCUT2D eigenvalue weighted by molar-refractivity contribution is 6.30. The van der Waals surface area contributed by atoms with E-state index in [0.717, 1.165) is 16.5 Å². The van der Waals surface area contributed by atoms with Crippen LogP contribution in [0.1, 0.15) is 0 Å². The van der Waals surface area contributed by atoms with Crippen LogP contribution in [-0.2, 0) is 0 Å². The number of halogens is 1. The summed E-state index contributed by atoms with van der Waals surface area (Å²) in [6.07, 6.45) is 1.90. The van der Waals surface area contributed by atoms with Crippen molar-refractivity contribution in [3.8, 4) is 5.69 Å². The number of rotatable bonds is 2. The molecular weight excluding hydrogens is 198 g/mol. The molecule has 1 heterocycles. The molecule has 4 heteroatoms. The maximum Gasteiger partial charge on any atom is 0.148 e. The zero-order chi connectivity index (χ0) is 9.97. The Morgan fingerprint density at radius 3 is 2.50 bits per heavy atom. The van der Waals surface area contributed by atoms with Crippen LogP contribution in [-0.4, -0.2) is 16.8 Å². The molecule has 0 saturated carbocycles. The Bertz CT molecular complexity index is 419. The van der Waals surface area contributed by atoms with Crippen molar-refractivity contribution in [3.05, 3.63) is 41.6 Å². The Morgan fingerprint density at radius 2 is 1.93 bits per heavy atom. The van der Waals surface area contributed by atoms with Crippen molar-refractivity contribution in [2.24, 2.45) is 0 Å². The minimum atomic E-state index is 0.731. The smallest absolute Gasteiger partial charge is 0.148 e. The summed E-state index contributed by atoms with van der Waals surface area (Å²) in [5, 5.41) is 7.99. The van der Waals surface area contributed by atoms with Gasteiger partial charge in [0.15, 0.2) is 0 Å². The van der Waals surface area contributed by atoms with Crippen LogP contribution in [0, 0.1) is 0 Å². The van der Waals surface area contributed by atoms with Crippen molar-refractivity contribution in [2.75, 3.05) is 12.4 Å². The fourth-order valence-electron chi connectivity index (χ4n) is 1.19. The summed E-state index contributed by atoms with van der Waals surface area (Å²) in [5.74, 6) is 0.847. The average Bonchev–Trinajstić information content (AvgIpc) is 2.67. The molecule has 0 atom stereocenters. The van der Waals surface area contributed by atoms with Gasteiger partial charge in [-0.15, -0.1) is 0 Å². The van der Waals surface area contributed by atoms with Crippen LogP contribution in [0.3, 0.4) is 0 Å². The second-order valence-electron chi connectivity index (χ2n) is 2.87. The molecule has 0 fully saturated rings. The van der Waals surface area contributed by atoms with E-state index in [9.17, 15) is 0 Å². The summed E-state index contributed by atoms with van der Waals surface area (Å²) in [7, 11) is 1.84. The van der Waals surface area contributed by atoms with Crippen LogP contribution < -0.4 is 5.32 Å². The summed E-state index contributed by atoms with van der Waals surface area (Å²) in [5.41, 5.74) is 0.996. The molecule has 0 aliphatic heterocycles. The minimum Gasteiger partial charge on any atom is -0.372 e. The van der Waals surface area contributed by atoms with Crippen LogP contribution in [0.4, 0.5) is 5.82 Å². The van der Waals surface area contributed by atoms with Gasteiger partial charge in [0.1, 0.15) is 5.82 Å². The highest BCUT2D eigenvalue weighted by Crippen LogP contribution is 2.13. The van der Waals surface area contributed by atoms with Crippen LogP contribution >= 0.6 is 11.6 Å². The van der Waals surface area contributed by atoms with Crippen LogP contribution in [0.2, 0.25) is 5.02 Å². The number of benzene rings is 1. The quantitative estimate of drug-likeness (QED) is 0.821. The molecule has 0 radical (unpaired) electrons. The van der Waals surface area contributed by atoms with Gasteiger partial charge in [-0.05, 0) is 24.3 Å². The van der Waals surface area contributed by atoms with Gasteiger partial charge >= 0.3 is 0 Å². The molecule has 0 amide bonds. The Balaban J connectivity index is 2.34. The van der Waals surface area contributed by atoms with Gasteiger partial charge in [0.05, 0.1) is 5.69 Å². The Morgan fingerprint density at radius 1 is 1.21 bits per heavy atom. The van der Waals surface area contributed by atoms with Crippen LogP contribution in [0.25, 0.3) is 5.69 Å². The third-order valence-corrected chi connectivity index (χ3v) is 2.19. The van der Waals surface area contributed by atoms with E-state index in [2.05, 4.69) is 10.4 Å². The standard InChI is InChI=1S/C10H10ClN3/c1-12-10-6-7-14(13-10)9-4-2-8(11)3-5-9/h2-7H,1H3,(H,12,13). The maximum absolute atomic E-state index is 5.79. The van der Waals surface area contributed by atoms with E-state index in [4.69, 9.17) is 11.6 Å². The molecule has 0 bridgehead atoms. The van der Waals surface area contributed by atoms with E-state index in [-0.39, 0.29) is 0 Å². The Labute approximate surface area is 87.3 Å². The monoisotopic (exact) mass is 207 g/mol. The zero-order valence-corrected chi connectivity index (χ0v) is 8.49. The number of hydrogen-bond acceptors (Lipinski definition) is 2. The van der Waals surface area contributed by atoms with Gasteiger partial charge in [-0.2, -0.15) is 5.10 Å². The molecule has 3 nitrogen and oxygen atoms in total. The van der Waals surface area contributed by atoms with Crippen molar-refractivity contribution in [2.45, 2.75) is 0 Å². The van der Waals surface area contributed by atoms with Crippen molar-refractivity contribution >= 4 is 17.4 Å². The number of anilines is 1. The van der Waals surface area contributed by atoms with Crippen molar-refractivity contribution in [3.63, 3.8) is 0 Å². The predicted molar refractivity (Wildman–Crippen MR) is 58.1 cm³/mol. The zero-order valence-electron chi connectivity index (χ0n) is 7.74. The number of hydrogen-bond donors (Lipinski definition) is 1. The first-order chi connectivity index (χ1) is 6.79. The summed E-state index contributed by atoms with van der Waals surface area (Å²) in [4.78, 5) is 0. The molecular formula is C10H10ClN3. The molecule has 2 aromatic rings. The van der Waals surface area contributed by atoms with Crippen molar-refractivity contribution < 1.29 is 0 Å². The molecule has 14 heavy (non-hydrogen) atoms. The predicted octanol–water partition coefficient (Wildman–Crippen LogP) is 2.57. The minimum absolute atomic E-state index is 0.731. The molecule has 0 aliphatic rings. The van der Waals surface area contributed by atoms with Gasteiger partial charge in [0.25, 0.3) is 0 Å². The molecule has 1 aromatic carbocycles. The lowest BCUT2D eigenvalue weighted by atomic mass is 10.3. The fourth-order valence-corrected chi connectivity index (χ4v) is 1.32. The second kappa shape index (κ2) is 3.72. The Kier molecular flexibility index (Phi) is 2.41. The summed E-state index contributed by atoms with van der Waals surface area (Å²) in [6, 6.07) is 9.45. The highest BCUT2D eigenvalue weighted by atomic mass is 35.5. The molecule has 2 rings (SSSR count). The second-order valence-corrected chi connectivity index (χ2v) is 3.31.